The SMILES string of the molecule is O=Cc1cc(-c2ccccc2F)ncc1-c1ccccc1F. The first-order valence-corrected chi connectivity index (χ1v) is 6.65. The summed E-state index contributed by atoms with van der Waals surface area (Å²) in [7, 11) is 0. The average molecular weight is 295 g/mol. The minimum Gasteiger partial charge on any atom is -0.298 e. The Morgan fingerprint density at radius 3 is 2.00 bits per heavy atom. The first-order chi connectivity index (χ1) is 10.7. The number of carbonyl (C=O) groups is 1. The van der Waals surface area contributed by atoms with Gasteiger partial charge in [-0.1, -0.05) is 30.3 Å². The molecule has 0 atom stereocenters. The first-order valence-electron chi connectivity index (χ1n) is 6.65. The lowest BCUT2D eigenvalue weighted by molar-refractivity contribution is 0.112. The Morgan fingerprint density at radius 2 is 1.41 bits per heavy atom. The molecule has 0 saturated carbocycles. The van der Waals surface area contributed by atoms with E-state index in [2.05, 4.69) is 4.98 Å². The van der Waals surface area contributed by atoms with Crippen molar-refractivity contribution in [1.29, 1.82) is 0 Å². The van der Waals surface area contributed by atoms with Gasteiger partial charge in [-0.05, 0) is 24.3 Å². The van der Waals surface area contributed by atoms with Gasteiger partial charge in [-0.15, -0.1) is 0 Å². The van der Waals surface area contributed by atoms with Crippen molar-refractivity contribution in [3.63, 3.8) is 0 Å². The molecular formula is C18H11F2NO. The van der Waals surface area contributed by atoms with Crippen molar-refractivity contribution in [3.8, 4) is 22.4 Å². The molecular weight excluding hydrogens is 284 g/mol. The number of carbonyl (C=O) groups excluding carboxylic acids is 1. The predicted octanol–water partition coefficient (Wildman–Crippen LogP) is 4.51. The van der Waals surface area contributed by atoms with Crippen molar-refractivity contribution in [2.45, 2.75) is 0 Å². The molecule has 3 aromatic rings. The zero-order valence-electron chi connectivity index (χ0n) is 11.5. The van der Waals surface area contributed by atoms with E-state index in [1.54, 1.807) is 36.4 Å². The lowest BCUT2D eigenvalue weighted by Gasteiger charge is -2.09. The molecule has 0 saturated heterocycles. The monoisotopic (exact) mass is 295 g/mol. The van der Waals surface area contributed by atoms with Crippen molar-refractivity contribution in [2.75, 3.05) is 0 Å². The van der Waals surface area contributed by atoms with Crippen molar-refractivity contribution in [1.82, 2.24) is 4.98 Å². The van der Waals surface area contributed by atoms with Crippen LogP contribution in [0.1, 0.15) is 10.4 Å². The molecule has 1 aromatic heterocycles. The van der Waals surface area contributed by atoms with Crippen molar-refractivity contribution in [2.24, 2.45) is 0 Å². The second kappa shape index (κ2) is 5.85. The highest BCUT2D eigenvalue weighted by Crippen LogP contribution is 2.28. The van der Waals surface area contributed by atoms with Crippen LogP contribution in [0.4, 0.5) is 8.78 Å². The Labute approximate surface area is 126 Å². The van der Waals surface area contributed by atoms with Gasteiger partial charge in [-0.2, -0.15) is 0 Å². The molecule has 0 bridgehead atoms. The van der Waals surface area contributed by atoms with E-state index in [1.165, 1.54) is 24.4 Å². The van der Waals surface area contributed by atoms with Crippen LogP contribution in [0.2, 0.25) is 0 Å². The van der Waals surface area contributed by atoms with E-state index in [-0.39, 0.29) is 11.1 Å². The zero-order chi connectivity index (χ0) is 15.5. The quantitative estimate of drug-likeness (QED) is 0.666. The van der Waals surface area contributed by atoms with E-state index in [0.29, 0.717) is 23.1 Å². The molecule has 108 valence electrons. The first kappa shape index (κ1) is 14.1. The molecule has 22 heavy (non-hydrogen) atoms. The summed E-state index contributed by atoms with van der Waals surface area (Å²) in [5, 5.41) is 0. The van der Waals surface area contributed by atoms with Gasteiger partial charge in [0.25, 0.3) is 0 Å². The smallest absolute Gasteiger partial charge is 0.150 e. The standard InChI is InChI=1S/C18H11F2NO/c19-16-7-3-1-5-13(16)15-10-21-18(9-12(15)11-22)14-6-2-4-8-17(14)20/h1-11H. The van der Waals surface area contributed by atoms with Gasteiger partial charge in [0.15, 0.2) is 6.29 Å². The molecule has 2 aromatic carbocycles. The number of rotatable bonds is 3. The van der Waals surface area contributed by atoms with Gasteiger partial charge < -0.3 is 0 Å². The summed E-state index contributed by atoms with van der Waals surface area (Å²) in [6, 6.07) is 13.8. The van der Waals surface area contributed by atoms with Gasteiger partial charge in [-0.25, -0.2) is 8.78 Å². The Balaban J connectivity index is 2.15. The van der Waals surface area contributed by atoms with Gasteiger partial charge in [0, 0.05) is 28.5 Å². The molecule has 0 radical (unpaired) electrons. The summed E-state index contributed by atoms with van der Waals surface area (Å²) in [4.78, 5) is 15.5. The Bertz CT molecular complexity index is 846. The number of nitrogens with zero attached hydrogens (tertiary/aromatic N) is 1. The van der Waals surface area contributed by atoms with Gasteiger partial charge in [0.1, 0.15) is 11.6 Å². The van der Waals surface area contributed by atoms with Crippen molar-refractivity contribution in [3.05, 3.63) is 78.0 Å². The topological polar surface area (TPSA) is 30.0 Å². The Morgan fingerprint density at radius 1 is 0.818 bits per heavy atom. The Hall–Kier alpha value is -2.88. The molecule has 0 aliphatic heterocycles. The molecule has 0 N–H and O–H groups in total. The molecule has 2 nitrogen and oxygen atoms in total. The van der Waals surface area contributed by atoms with Crippen LogP contribution in [0.3, 0.4) is 0 Å². The molecule has 0 amide bonds. The van der Waals surface area contributed by atoms with E-state index in [1.807, 2.05) is 0 Å². The van der Waals surface area contributed by atoms with Gasteiger partial charge >= 0.3 is 0 Å². The number of aromatic nitrogens is 1. The molecule has 0 fully saturated rings. The highest BCUT2D eigenvalue weighted by Gasteiger charge is 2.13. The average Bonchev–Trinajstić information content (AvgIpc) is 2.55. The minimum atomic E-state index is -0.439. The summed E-state index contributed by atoms with van der Waals surface area (Å²) in [6.45, 7) is 0. The summed E-state index contributed by atoms with van der Waals surface area (Å²) >= 11 is 0. The predicted molar refractivity (Wildman–Crippen MR) is 80.4 cm³/mol. The molecule has 1 heterocycles. The zero-order valence-corrected chi connectivity index (χ0v) is 11.5. The second-order valence-corrected chi connectivity index (χ2v) is 4.73. The fourth-order valence-electron chi connectivity index (χ4n) is 2.29. The number of pyridine rings is 1. The maximum Gasteiger partial charge on any atom is 0.150 e. The molecule has 0 unspecified atom stereocenters. The minimum absolute atomic E-state index is 0.262. The van der Waals surface area contributed by atoms with Crippen LogP contribution in [0.15, 0.2) is 60.8 Å². The van der Waals surface area contributed by atoms with E-state index in [4.69, 9.17) is 0 Å². The van der Waals surface area contributed by atoms with Crippen molar-refractivity contribution >= 4 is 6.29 Å². The van der Waals surface area contributed by atoms with Crippen LogP contribution in [0, 0.1) is 11.6 Å². The number of hydrogen-bond acceptors (Lipinski definition) is 2. The third kappa shape index (κ3) is 2.51. The summed E-state index contributed by atoms with van der Waals surface area (Å²) in [5.41, 5.74) is 1.56. The van der Waals surface area contributed by atoms with Crippen LogP contribution in [-0.4, -0.2) is 11.3 Å². The second-order valence-electron chi connectivity index (χ2n) is 4.73. The van der Waals surface area contributed by atoms with Crippen LogP contribution in [-0.2, 0) is 0 Å². The van der Waals surface area contributed by atoms with E-state index in [0.717, 1.165) is 0 Å². The number of hydrogen-bond donors (Lipinski definition) is 0. The molecule has 0 aliphatic carbocycles. The highest BCUT2D eigenvalue weighted by atomic mass is 19.1. The maximum absolute atomic E-state index is 13.9. The van der Waals surface area contributed by atoms with E-state index >= 15 is 0 Å². The van der Waals surface area contributed by atoms with Crippen LogP contribution in [0.5, 0.6) is 0 Å². The van der Waals surface area contributed by atoms with Crippen LogP contribution in [0.25, 0.3) is 22.4 Å². The number of halogens is 2. The Kier molecular flexibility index (Phi) is 3.74. The summed E-state index contributed by atoms with van der Waals surface area (Å²) in [6.07, 6.45) is 2.01. The van der Waals surface area contributed by atoms with Crippen molar-refractivity contribution < 1.29 is 13.6 Å². The van der Waals surface area contributed by atoms with E-state index < -0.39 is 11.6 Å². The van der Waals surface area contributed by atoms with Crippen LogP contribution < -0.4 is 0 Å². The third-order valence-corrected chi connectivity index (χ3v) is 3.38. The summed E-state index contributed by atoms with van der Waals surface area (Å²) in [5.74, 6) is -0.864. The maximum atomic E-state index is 13.9. The lowest BCUT2D eigenvalue weighted by atomic mass is 10.00. The largest absolute Gasteiger partial charge is 0.298 e. The molecule has 0 spiro atoms. The summed E-state index contributed by atoms with van der Waals surface area (Å²) < 4.78 is 27.7. The fourth-order valence-corrected chi connectivity index (χ4v) is 2.29. The van der Waals surface area contributed by atoms with Gasteiger partial charge in [0.05, 0.1) is 5.69 Å². The highest BCUT2D eigenvalue weighted by molar-refractivity contribution is 5.89. The van der Waals surface area contributed by atoms with Crippen LogP contribution >= 0.6 is 0 Å². The molecule has 4 heteroatoms. The van der Waals surface area contributed by atoms with Gasteiger partial charge in [-0.3, -0.25) is 9.78 Å². The third-order valence-electron chi connectivity index (χ3n) is 3.38. The van der Waals surface area contributed by atoms with E-state index in [9.17, 15) is 13.6 Å². The lowest BCUT2D eigenvalue weighted by Crippen LogP contribution is -1.95. The normalized spacial score (nSPS) is 10.5. The fraction of sp³-hybridized carbons (Fsp3) is 0. The molecule has 0 aliphatic rings. The number of aldehydes is 1. The molecule has 3 rings (SSSR count). The van der Waals surface area contributed by atoms with Gasteiger partial charge in [0.2, 0.25) is 0 Å². The number of benzene rings is 2.